The fourth-order valence-electron chi connectivity index (χ4n) is 6.45. The Morgan fingerprint density at radius 1 is 1.14 bits per heavy atom. The predicted octanol–water partition coefficient (Wildman–Crippen LogP) is 3.93. The molecule has 0 radical (unpaired) electrons. The van der Waals surface area contributed by atoms with Gasteiger partial charge < -0.3 is 14.6 Å². The number of aliphatic hydroxyl groups is 1. The average Bonchev–Trinajstić information content (AvgIpc) is 2.96. The Balaban J connectivity index is 1.65. The van der Waals surface area contributed by atoms with Gasteiger partial charge in [0.05, 0.1) is 0 Å². The molecule has 3 aliphatic rings. The third kappa shape index (κ3) is 3.14. The first-order valence-corrected chi connectivity index (χ1v) is 10.4. The van der Waals surface area contributed by atoms with Crippen LogP contribution in [-0.2, 0) is 14.3 Å². The van der Waals surface area contributed by atoms with E-state index in [4.69, 9.17) is 9.47 Å². The summed E-state index contributed by atoms with van der Waals surface area (Å²) in [5, 5.41) is 10.1. The molecule has 2 fully saturated rings. The van der Waals surface area contributed by atoms with Gasteiger partial charge in [0.2, 0.25) is 0 Å². The van der Waals surface area contributed by atoms with Crippen molar-refractivity contribution in [3.8, 4) is 5.75 Å². The van der Waals surface area contributed by atoms with E-state index in [1.54, 1.807) is 0 Å². The van der Waals surface area contributed by atoms with E-state index in [2.05, 4.69) is 13.0 Å². The van der Waals surface area contributed by atoms with E-state index in [0.717, 1.165) is 37.7 Å². The second-order valence-electron chi connectivity index (χ2n) is 9.10. The molecule has 0 aromatic heterocycles. The van der Waals surface area contributed by atoms with E-state index in [0.29, 0.717) is 23.5 Å². The first-order valence-electron chi connectivity index (χ1n) is 10.4. The van der Waals surface area contributed by atoms with Crippen molar-refractivity contribution in [2.24, 2.45) is 17.3 Å². The number of carbonyl (C=O) groups is 2. The molecule has 4 rings (SSSR count). The lowest BCUT2D eigenvalue weighted by atomic mass is 9.54. The number of fused-ring (bicyclic) bond motifs is 5. The van der Waals surface area contributed by atoms with Crippen LogP contribution >= 0.6 is 0 Å². The van der Waals surface area contributed by atoms with Crippen LogP contribution in [0.15, 0.2) is 18.2 Å². The lowest BCUT2D eigenvalue weighted by Gasteiger charge is -2.51. The van der Waals surface area contributed by atoms with Gasteiger partial charge in [-0.1, -0.05) is 13.0 Å². The Bertz CT molecular complexity index is 787. The lowest BCUT2D eigenvalue weighted by Crippen LogP contribution is -2.45. The number of carbonyl (C=O) groups excluding carboxylic acids is 2. The summed E-state index contributed by atoms with van der Waals surface area (Å²) < 4.78 is 11.0. The molecular formula is C23H30O5. The average molecular weight is 386 g/mol. The molecule has 3 aliphatic carbocycles. The number of esters is 2. The monoisotopic (exact) mass is 386 g/mol. The van der Waals surface area contributed by atoms with Gasteiger partial charge in [-0.25, -0.2) is 0 Å². The SMILES string of the molecule is CC(=O)Oc1ccc2c(c1)[C@H](CO)C[C@@H]1[C@@H]2CC[C@]2(C)C(OC(C)=O)CC[C@@H]12. The van der Waals surface area contributed by atoms with Crippen LogP contribution in [0, 0.1) is 17.3 Å². The molecule has 2 saturated carbocycles. The largest absolute Gasteiger partial charge is 0.462 e. The molecule has 6 atom stereocenters. The normalized spacial score (nSPS) is 36.1. The van der Waals surface area contributed by atoms with E-state index in [-0.39, 0.29) is 36.0 Å². The molecule has 28 heavy (non-hydrogen) atoms. The Morgan fingerprint density at radius 2 is 1.93 bits per heavy atom. The minimum absolute atomic E-state index is 0.0104. The van der Waals surface area contributed by atoms with Crippen LogP contribution in [0.5, 0.6) is 5.75 Å². The van der Waals surface area contributed by atoms with Gasteiger partial charge in [-0.2, -0.15) is 0 Å². The quantitative estimate of drug-likeness (QED) is 0.629. The Labute approximate surface area is 166 Å². The second kappa shape index (κ2) is 7.18. The molecule has 1 N–H and O–H groups in total. The number of rotatable bonds is 3. The number of hydrogen-bond donors (Lipinski definition) is 1. The van der Waals surface area contributed by atoms with Crippen molar-refractivity contribution >= 4 is 11.9 Å². The van der Waals surface area contributed by atoms with Gasteiger partial charge in [0.15, 0.2) is 0 Å². The molecule has 0 bridgehead atoms. The van der Waals surface area contributed by atoms with Gasteiger partial charge in [0.25, 0.3) is 0 Å². The molecule has 5 nitrogen and oxygen atoms in total. The van der Waals surface area contributed by atoms with Gasteiger partial charge >= 0.3 is 11.9 Å². The summed E-state index contributed by atoms with van der Waals surface area (Å²) in [6.45, 7) is 5.29. The Morgan fingerprint density at radius 3 is 2.61 bits per heavy atom. The number of aliphatic hydroxyl groups excluding tert-OH is 1. The van der Waals surface area contributed by atoms with Crippen molar-refractivity contribution in [2.75, 3.05) is 6.61 Å². The predicted molar refractivity (Wildman–Crippen MR) is 104 cm³/mol. The van der Waals surface area contributed by atoms with Gasteiger partial charge in [-0.05, 0) is 73.1 Å². The van der Waals surface area contributed by atoms with Crippen LogP contribution in [-0.4, -0.2) is 29.8 Å². The minimum atomic E-state index is -0.329. The number of hydrogen-bond acceptors (Lipinski definition) is 5. The fraction of sp³-hybridized carbons (Fsp3) is 0.652. The van der Waals surface area contributed by atoms with E-state index < -0.39 is 0 Å². The molecule has 5 heteroatoms. The van der Waals surface area contributed by atoms with Crippen molar-refractivity contribution in [1.82, 2.24) is 0 Å². The van der Waals surface area contributed by atoms with E-state index in [1.165, 1.54) is 19.4 Å². The fourth-order valence-corrected chi connectivity index (χ4v) is 6.45. The van der Waals surface area contributed by atoms with Crippen molar-refractivity contribution in [2.45, 2.75) is 70.8 Å². The lowest BCUT2D eigenvalue weighted by molar-refractivity contribution is -0.154. The van der Waals surface area contributed by atoms with Crippen molar-refractivity contribution < 1.29 is 24.2 Å². The summed E-state index contributed by atoms with van der Waals surface area (Å²) in [5.74, 6) is 1.55. The summed E-state index contributed by atoms with van der Waals surface area (Å²) in [6.07, 6.45) is 5.07. The molecule has 1 aromatic rings. The van der Waals surface area contributed by atoms with Gasteiger partial charge in [-0.3, -0.25) is 9.59 Å². The highest BCUT2D eigenvalue weighted by atomic mass is 16.5. The maximum atomic E-state index is 11.6. The maximum absolute atomic E-state index is 11.6. The molecule has 0 amide bonds. The molecule has 0 aliphatic heterocycles. The first-order chi connectivity index (χ1) is 13.3. The smallest absolute Gasteiger partial charge is 0.308 e. The zero-order chi connectivity index (χ0) is 20.1. The first kappa shape index (κ1) is 19.4. The summed E-state index contributed by atoms with van der Waals surface area (Å²) in [5.41, 5.74) is 2.45. The zero-order valence-corrected chi connectivity index (χ0v) is 16.9. The highest BCUT2D eigenvalue weighted by Crippen LogP contribution is 2.63. The second-order valence-corrected chi connectivity index (χ2v) is 9.10. The number of benzene rings is 1. The van der Waals surface area contributed by atoms with E-state index >= 15 is 0 Å². The maximum Gasteiger partial charge on any atom is 0.308 e. The highest BCUT2D eigenvalue weighted by Gasteiger charge is 2.56. The van der Waals surface area contributed by atoms with Crippen molar-refractivity contribution in [3.63, 3.8) is 0 Å². The van der Waals surface area contributed by atoms with Crippen LogP contribution in [0.4, 0.5) is 0 Å². The van der Waals surface area contributed by atoms with Crippen LogP contribution in [0.3, 0.4) is 0 Å². The molecule has 1 unspecified atom stereocenters. The molecule has 0 saturated heterocycles. The van der Waals surface area contributed by atoms with Gasteiger partial charge in [0.1, 0.15) is 11.9 Å². The third-order valence-corrected chi connectivity index (χ3v) is 7.59. The van der Waals surface area contributed by atoms with Crippen molar-refractivity contribution in [3.05, 3.63) is 29.3 Å². The topological polar surface area (TPSA) is 72.8 Å². The minimum Gasteiger partial charge on any atom is -0.462 e. The highest BCUT2D eigenvalue weighted by molar-refractivity contribution is 5.69. The molecular weight excluding hydrogens is 356 g/mol. The molecule has 152 valence electrons. The van der Waals surface area contributed by atoms with Gasteiger partial charge in [0, 0.05) is 31.8 Å². The standard InChI is InChI=1S/C23H30O5/c1-13(25)27-16-4-5-17-18-8-9-23(3)21(6-7-22(23)28-14(2)26)20(18)10-15(12-24)19(17)11-16/h4-5,11,15,18,20-22,24H,6-10,12H2,1-3H3/t15-,18+,20+,21-,22?,23-/m0/s1. The summed E-state index contributed by atoms with van der Waals surface area (Å²) >= 11 is 0. The van der Waals surface area contributed by atoms with Crippen LogP contribution < -0.4 is 4.74 Å². The molecule has 1 aromatic carbocycles. The zero-order valence-electron chi connectivity index (χ0n) is 16.9. The van der Waals surface area contributed by atoms with Crippen LogP contribution in [0.25, 0.3) is 0 Å². The molecule has 0 spiro atoms. The van der Waals surface area contributed by atoms with Crippen LogP contribution in [0.2, 0.25) is 0 Å². The molecule has 0 heterocycles. The third-order valence-electron chi connectivity index (χ3n) is 7.59. The summed E-state index contributed by atoms with van der Waals surface area (Å²) in [6, 6.07) is 5.91. The van der Waals surface area contributed by atoms with E-state index in [1.807, 2.05) is 12.1 Å². The van der Waals surface area contributed by atoms with Crippen molar-refractivity contribution in [1.29, 1.82) is 0 Å². The number of ether oxygens (including phenoxy) is 2. The summed E-state index contributed by atoms with van der Waals surface area (Å²) in [4.78, 5) is 22.9. The Kier molecular flexibility index (Phi) is 4.98. The summed E-state index contributed by atoms with van der Waals surface area (Å²) in [7, 11) is 0. The van der Waals surface area contributed by atoms with Gasteiger partial charge in [-0.15, -0.1) is 0 Å². The van der Waals surface area contributed by atoms with Crippen LogP contribution in [0.1, 0.15) is 75.8 Å². The Hall–Kier alpha value is -1.88. The van der Waals surface area contributed by atoms with E-state index in [9.17, 15) is 14.7 Å².